The molecule has 0 aromatic carbocycles. The third-order valence-corrected chi connectivity index (χ3v) is 3.25. The van der Waals surface area contributed by atoms with Gasteiger partial charge in [0, 0.05) is 26.3 Å². The first-order valence-corrected chi connectivity index (χ1v) is 6.42. The van der Waals surface area contributed by atoms with Gasteiger partial charge in [-0.05, 0) is 6.42 Å². The second-order valence-corrected chi connectivity index (χ2v) is 4.91. The van der Waals surface area contributed by atoms with Crippen LogP contribution in [0.1, 0.15) is 26.2 Å². The van der Waals surface area contributed by atoms with Gasteiger partial charge in [0.2, 0.25) is 11.8 Å². The van der Waals surface area contributed by atoms with Crippen molar-refractivity contribution in [3.63, 3.8) is 0 Å². The molecule has 0 saturated carbocycles. The molecule has 3 unspecified atom stereocenters. The monoisotopic (exact) mass is 302 g/mol. The molecule has 9 heteroatoms. The number of hydrogen-bond acceptors (Lipinski definition) is 5. The molecular formula is C12H18N2O7. The van der Waals surface area contributed by atoms with Crippen molar-refractivity contribution in [1.29, 1.82) is 0 Å². The van der Waals surface area contributed by atoms with Crippen LogP contribution in [0.25, 0.3) is 0 Å². The predicted octanol–water partition coefficient (Wildman–Crippen LogP) is -1.60. The molecule has 1 aliphatic heterocycles. The van der Waals surface area contributed by atoms with Gasteiger partial charge in [-0.3, -0.25) is 14.4 Å². The summed E-state index contributed by atoms with van der Waals surface area (Å²) in [5.41, 5.74) is 0. The average Bonchev–Trinajstić information content (AvgIpc) is 2.76. The summed E-state index contributed by atoms with van der Waals surface area (Å²) in [4.78, 5) is 46.0. The van der Waals surface area contributed by atoms with Crippen LogP contribution in [0.5, 0.6) is 0 Å². The summed E-state index contributed by atoms with van der Waals surface area (Å²) < 4.78 is 0. The summed E-state index contributed by atoms with van der Waals surface area (Å²) in [6.07, 6.45) is -1.48. The molecule has 0 aromatic heterocycles. The van der Waals surface area contributed by atoms with Gasteiger partial charge in [0.1, 0.15) is 12.1 Å². The van der Waals surface area contributed by atoms with Crippen LogP contribution in [0.15, 0.2) is 0 Å². The first-order valence-electron chi connectivity index (χ1n) is 6.42. The van der Waals surface area contributed by atoms with Crippen LogP contribution in [0, 0.1) is 0 Å². The van der Waals surface area contributed by atoms with Crippen molar-refractivity contribution in [3.05, 3.63) is 0 Å². The highest BCUT2D eigenvalue weighted by molar-refractivity contribution is 5.90. The van der Waals surface area contributed by atoms with E-state index in [1.165, 1.54) is 6.92 Å². The maximum absolute atomic E-state index is 12.0. The summed E-state index contributed by atoms with van der Waals surface area (Å²) >= 11 is 0. The number of nitrogens with one attached hydrogen (secondary N) is 1. The van der Waals surface area contributed by atoms with Crippen molar-refractivity contribution >= 4 is 23.8 Å². The van der Waals surface area contributed by atoms with Crippen molar-refractivity contribution in [2.45, 2.75) is 44.4 Å². The Labute approximate surface area is 120 Å². The van der Waals surface area contributed by atoms with Crippen molar-refractivity contribution in [2.75, 3.05) is 6.54 Å². The lowest BCUT2D eigenvalue weighted by molar-refractivity contribution is -0.144. The lowest BCUT2D eigenvalue weighted by Gasteiger charge is -2.23. The van der Waals surface area contributed by atoms with Gasteiger partial charge in [-0.15, -0.1) is 0 Å². The molecule has 0 bridgehead atoms. The van der Waals surface area contributed by atoms with Crippen LogP contribution in [0.2, 0.25) is 0 Å². The van der Waals surface area contributed by atoms with Crippen molar-refractivity contribution in [3.8, 4) is 0 Å². The number of likely N-dealkylation sites (tertiary alicyclic amines) is 1. The number of carboxylic acids is 2. The molecular weight excluding hydrogens is 284 g/mol. The molecule has 1 saturated heterocycles. The number of carbonyl (C=O) groups excluding carboxylic acids is 2. The zero-order valence-corrected chi connectivity index (χ0v) is 11.5. The quantitative estimate of drug-likeness (QED) is 0.462. The van der Waals surface area contributed by atoms with E-state index in [9.17, 15) is 24.3 Å². The minimum atomic E-state index is -1.35. The van der Waals surface area contributed by atoms with Gasteiger partial charge in [0.05, 0.1) is 6.10 Å². The van der Waals surface area contributed by atoms with Crippen molar-refractivity contribution in [1.82, 2.24) is 10.2 Å². The highest BCUT2D eigenvalue weighted by Gasteiger charge is 2.38. The Hall–Kier alpha value is -2.16. The molecule has 0 radical (unpaired) electrons. The van der Waals surface area contributed by atoms with E-state index >= 15 is 0 Å². The van der Waals surface area contributed by atoms with Crippen LogP contribution in [0.3, 0.4) is 0 Å². The molecule has 9 nitrogen and oxygen atoms in total. The lowest BCUT2D eigenvalue weighted by atomic mass is 10.1. The molecule has 0 spiro atoms. The first kappa shape index (κ1) is 16.9. The highest BCUT2D eigenvalue weighted by Crippen LogP contribution is 2.18. The Kier molecular flexibility index (Phi) is 5.65. The average molecular weight is 302 g/mol. The smallest absolute Gasteiger partial charge is 0.326 e. The molecule has 2 amide bonds. The summed E-state index contributed by atoms with van der Waals surface area (Å²) in [7, 11) is 0. The highest BCUT2D eigenvalue weighted by atomic mass is 16.4. The Balaban J connectivity index is 2.70. The summed E-state index contributed by atoms with van der Waals surface area (Å²) in [6.45, 7) is 1.26. The number of aliphatic hydroxyl groups excluding tert-OH is 1. The maximum atomic E-state index is 12.0. The van der Waals surface area contributed by atoms with Crippen LogP contribution in [-0.2, 0) is 19.2 Å². The number of carboxylic acid groups (broad SMARTS) is 2. The van der Waals surface area contributed by atoms with E-state index in [0.29, 0.717) is 0 Å². The lowest BCUT2D eigenvalue weighted by Crippen LogP contribution is -2.50. The number of rotatable bonds is 6. The third kappa shape index (κ3) is 4.71. The number of nitrogens with zero attached hydrogens (tertiary/aromatic N) is 1. The number of hydrogen-bond donors (Lipinski definition) is 4. The van der Waals surface area contributed by atoms with Gasteiger partial charge in [0.15, 0.2) is 0 Å². The molecule has 118 valence electrons. The molecule has 1 rings (SSSR count). The van der Waals surface area contributed by atoms with E-state index in [1.54, 1.807) is 0 Å². The van der Waals surface area contributed by atoms with Crippen LogP contribution >= 0.6 is 0 Å². The van der Waals surface area contributed by atoms with Crippen LogP contribution < -0.4 is 5.32 Å². The predicted molar refractivity (Wildman–Crippen MR) is 68.2 cm³/mol. The van der Waals surface area contributed by atoms with Gasteiger partial charge in [0.25, 0.3) is 0 Å². The van der Waals surface area contributed by atoms with Gasteiger partial charge < -0.3 is 25.5 Å². The molecule has 1 aliphatic rings. The Bertz CT molecular complexity index is 451. The Morgan fingerprint density at radius 2 is 1.90 bits per heavy atom. The molecule has 21 heavy (non-hydrogen) atoms. The molecule has 0 aromatic rings. The first-order chi connectivity index (χ1) is 9.72. The van der Waals surface area contributed by atoms with E-state index in [4.69, 9.17) is 10.2 Å². The summed E-state index contributed by atoms with van der Waals surface area (Å²) in [5, 5.41) is 29.2. The summed E-state index contributed by atoms with van der Waals surface area (Å²) in [5.74, 6) is -3.63. The largest absolute Gasteiger partial charge is 0.481 e. The molecule has 1 fully saturated rings. The fourth-order valence-electron chi connectivity index (χ4n) is 2.20. The minimum absolute atomic E-state index is 0.0142. The fraction of sp³-hybridized carbons (Fsp3) is 0.667. The van der Waals surface area contributed by atoms with Gasteiger partial charge >= 0.3 is 11.9 Å². The number of aliphatic carboxylic acids is 2. The van der Waals surface area contributed by atoms with E-state index < -0.39 is 48.4 Å². The number of aliphatic hydroxyl groups is 1. The van der Waals surface area contributed by atoms with E-state index in [-0.39, 0.29) is 19.4 Å². The topological polar surface area (TPSA) is 144 Å². The Morgan fingerprint density at radius 1 is 1.29 bits per heavy atom. The zero-order chi connectivity index (χ0) is 16.2. The van der Waals surface area contributed by atoms with Gasteiger partial charge in [-0.25, -0.2) is 4.79 Å². The van der Waals surface area contributed by atoms with E-state index in [2.05, 4.69) is 5.32 Å². The molecule has 4 N–H and O–H groups in total. The second-order valence-electron chi connectivity index (χ2n) is 4.91. The maximum Gasteiger partial charge on any atom is 0.326 e. The van der Waals surface area contributed by atoms with Crippen molar-refractivity contribution < 1.29 is 34.5 Å². The van der Waals surface area contributed by atoms with Gasteiger partial charge in [-0.2, -0.15) is 0 Å². The van der Waals surface area contributed by atoms with Crippen molar-refractivity contribution in [2.24, 2.45) is 0 Å². The third-order valence-electron chi connectivity index (χ3n) is 3.25. The standard InChI is InChI=1S/C12H18N2O7/c1-6(15)14-5-7(16)4-9(14)11(19)13-8(12(20)21)2-3-10(17)18/h7-9,16H,2-5H2,1H3,(H,13,19)(H,17,18)(H,20,21). The summed E-state index contributed by atoms with van der Waals surface area (Å²) in [6, 6.07) is -2.29. The number of carbonyl (C=O) groups is 4. The second kappa shape index (κ2) is 7.02. The number of amides is 2. The molecule has 1 heterocycles. The normalized spacial score (nSPS) is 22.7. The van der Waals surface area contributed by atoms with Crippen LogP contribution in [-0.4, -0.2) is 68.7 Å². The zero-order valence-electron chi connectivity index (χ0n) is 11.5. The minimum Gasteiger partial charge on any atom is -0.481 e. The molecule has 3 atom stereocenters. The van der Waals surface area contributed by atoms with E-state index in [1.807, 2.05) is 0 Å². The molecule has 0 aliphatic carbocycles. The van der Waals surface area contributed by atoms with Crippen LogP contribution in [0.4, 0.5) is 0 Å². The Morgan fingerprint density at radius 3 is 2.38 bits per heavy atom. The van der Waals surface area contributed by atoms with Gasteiger partial charge in [-0.1, -0.05) is 0 Å². The van der Waals surface area contributed by atoms with E-state index in [0.717, 1.165) is 4.90 Å². The fourth-order valence-corrected chi connectivity index (χ4v) is 2.20. The number of β-amino-alcohol motifs (C(OH)–C–C–N with tert-alkyl or cyclic N) is 1. The SMILES string of the molecule is CC(=O)N1CC(O)CC1C(=O)NC(CCC(=O)O)C(=O)O.